The number of ether oxygens (including phenoxy) is 1. The van der Waals surface area contributed by atoms with Crippen molar-refractivity contribution in [2.45, 2.75) is 19.4 Å². The molecule has 0 aliphatic rings. The lowest BCUT2D eigenvalue weighted by Gasteiger charge is -2.12. The van der Waals surface area contributed by atoms with Crippen molar-refractivity contribution in [3.63, 3.8) is 0 Å². The lowest BCUT2D eigenvalue weighted by atomic mass is 10.1. The minimum Gasteiger partial charge on any atom is -0.492 e. The SMILES string of the molecule is CCC(N)COc1cccc(-c2ccccc2)c1. The van der Waals surface area contributed by atoms with Gasteiger partial charge in [0.2, 0.25) is 0 Å². The molecule has 2 nitrogen and oxygen atoms in total. The summed E-state index contributed by atoms with van der Waals surface area (Å²) in [4.78, 5) is 0. The molecule has 2 aromatic rings. The van der Waals surface area contributed by atoms with Crippen molar-refractivity contribution in [2.75, 3.05) is 6.61 Å². The summed E-state index contributed by atoms with van der Waals surface area (Å²) in [7, 11) is 0. The summed E-state index contributed by atoms with van der Waals surface area (Å²) >= 11 is 0. The van der Waals surface area contributed by atoms with E-state index in [2.05, 4.69) is 31.2 Å². The predicted octanol–water partition coefficient (Wildman–Crippen LogP) is 3.47. The Balaban J connectivity index is 2.11. The van der Waals surface area contributed by atoms with Gasteiger partial charge in [-0.1, -0.05) is 49.4 Å². The molecule has 2 rings (SSSR count). The molecule has 0 aliphatic carbocycles. The van der Waals surface area contributed by atoms with Crippen LogP contribution in [0.4, 0.5) is 0 Å². The molecule has 0 bridgehead atoms. The highest BCUT2D eigenvalue weighted by molar-refractivity contribution is 5.64. The molecular weight excluding hydrogens is 222 g/mol. The highest BCUT2D eigenvalue weighted by Gasteiger charge is 2.02. The molecule has 0 amide bonds. The van der Waals surface area contributed by atoms with E-state index in [1.807, 2.05) is 30.3 Å². The first kappa shape index (κ1) is 12.7. The third-order valence-electron chi connectivity index (χ3n) is 2.93. The van der Waals surface area contributed by atoms with Gasteiger partial charge >= 0.3 is 0 Å². The van der Waals surface area contributed by atoms with E-state index < -0.39 is 0 Å². The van der Waals surface area contributed by atoms with E-state index in [0.717, 1.165) is 17.7 Å². The molecular formula is C16H19NO. The van der Waals surface area contributed by atoms with Crippen molar-refractivity contribution in [3.05, 3.63) is 54.6 Å². The largest absolute Gasteiger partial charge is 0.492 e. The molecule has 94 valence electrons. The number of nitrogens with two attached hydrogens (primary N) is 1. The second kappa shape index (κ2) is 6.22. The van der Waals surface area contributed by atoms with E-state index in [4.69, 9.17) is 10.5 Å². The third kappa shape index (κ3) is 3.34. The van der Waals surface area contributed by atoms with Gasteiger partial charge < -0.3 is 10.5 Å². The van der Waals surface area contributed by atoms with Crippen molar-refractivity contribution < 1.29 is 4.74 Å². The molecule has 0 heterocycles. The van der Waals surface area contributed by atoms with Crippen LogP contribution in [-0.2, 0) is 0 Å². The Morgan fingerprint density at radius 1 is 1.00 bits per heavy atom. The Morgan fingerprint density at radius 2 is 1.72 bits per heavy atom. The molecule has 0 aromatic heterocycles. The second-order valence-electron chi connectivity index (χ2n) is 4.37. The molecule has 0 radical (unpaired) electrons. The van der Waals surface area contributed by atoms with Crippen LogP contribution in [0.1, 0.15) is 13.3 Å². The molecule has 2 heteroatoms. The maximum absolute atomic E-state index is 5.84. The normalized spacial score (nSPS) is 12.1. The Bertz CT molecular complexity index is 481. The van der Waals surface area contributed by atoms with Gasteiger partial charge in [0.25, 0.3) is 0 Å². The van der Waals surface area contributed by atoms with Crippen LogP contribution in [0.3, 0.4) is 0 Å². The van der Waals surface area contributed by atoms with Crippen molar-refractivity contribution >= 4 is 0 Å². The molecule has 18 heavy (non-hydrogen) atoms. The summed E-state index contributed by atoms with van der Waals surface area (Å²) < 4.78 is 5.70. The van der Waals surface area contributed by atoms with E-state index in [9.17, 15) is 0 Å². The number of rotatable bonds is 5. The van der Waals surface area contributed by atoms with Crippen molar-refractivity contribution in [1.29, 1.82) is 0 Å². The fourth-order valence-corrected chi connectivity index (χ4v) is 1.72. The quantitative estimate of drug-likeness (QED) is 0.870. The van der Waals surface area contributed by atoms with E-state index in [-0.39, 0.29) is 6.04 Å². The Morgan fingerprint density at radius 3 is 2.44 bits per heavy atom. The lowest BCUT2D eigenvalue weighted by molar-refractivity contribution is 0.285. The summed E-state index contributed by atoms with van der Waals surface area (Å²) in [6, 6.07) is 18.5. The molecule has 1 atom stereocenters. The van der Waals surface area contributed by atoms with Gasteiger partial charge in [0, 0.05) is 6.04 Å². The van der Waals surface area contributed by atoms with Gasteiger partial charge in [0.1, 0.15) is 12.4 Å². The average Bonchev–Trinajstić information content (AvgIpc) is 2.46. The number of hydrogen-bond donors (Lipinski definition) is 1. The predicted molar refractivity (Wildman–Crippen MR) is 75.6 cm³/mol. The zero-order valence-electron chi connectivity index (χ0n) is 10.7. The molecule has 0 saturated heterocycles. The average molecular weight is 241 g/mol. The maximum atomic E-state index is 5.84. The second-order valence-corrected chi connectivity index (χ2v) is 4.37. The van der Waals surface area contributed by atoms with Crippen LogP contribution in [-0.4, -0.2) is 12.6 Å². The first-order valence-electron chi connectivity index (χ1n) is 6.33. The molecule has 0 saturated carbocycles. The van der Waals surface area contributed by atoms with Crippen molar-refractivity contribution in [1.82, 2.24) is 0 Å². The maximum Gasteiger partial charge on any atom is 0.119 e. The molecule has 1 unspecified atom stereocenters. The molecule has 0 spiro atoms. The van der Waals surface area contributed by atoms with Crippen LogP contribution in [0, 0.1) is 0 Å². The minimum absolute atomic E-state index is 0.102. The van der Waals surface area contributed by atoms with E-state index in [0.29, 0.717) is 6.61 Å². The highest BCUT2D eigenvalue weighted by Crippen LogP contribution is 2.23. The van der Waals surface area contributed by atoms with Crippen LogP contribution in [0.2, 0.25) is 0 Å². The van der Waals surface area contributed by atoms with Crippen LogP contribution in [0.15, 0.2) is 54.6 Å². The summed E-state index contributed by atoms with van der Waals surface area (Å²) in [5.74, 6) is 0.875. The van der Waals surface area contributed by atoms with E-state index in [1.165, 1.54) is 5.56 Å². The molecule has 2 aromatic carbocycles. The van der Waals surface area contributed by atoms with Gasteiger partial charge in [-0.3, -0.25) is 0 Å². The summed E-state index contributed by atoms with van der Waals surface area (Å²) in [6.45, 7) is 2.63. The smallest absolute Gasteiger partial charge is 0.119 e. The van der Waals surface area contributed by atoms with Gasteiger partial charge in [-0.2, -0.15) is 0 Å². The zero-order valence-corrected chi connectivity index (χ0v) is 10.7. The summed E-state index contributed by atoms with van der Waals surface area (Å²) in [6.07, 6.45) is 0.929. The third-order valence-corrected chi connectivity index (χ3v) is 2.93. The summed E-state index contributed by atoms with van der Waals surface area (Å²) in [5.41, 5.74) is 8.21. The van der Waals surface area contributed by atoms with Crippen LogP contribution < -0.4 is 10.5 Å². The molecule has 0 fully saturated rings. The van der Waals surface area contributed by atoms with Gasteiger partial charge in [0.15, 0.2) is 0 Å². The fourth-order valence-electron chi connectivity index (χ4n) is 1.72. The molecule has 0 aliphatic heterocycles. The van der Waals surface area contributed by atoms with Gasteiger partial charge in [-0.15, -0.1) is 0 Å². The van der Waals surface area contributed by atoms with Gasteiger partial charge in [-0.05, 0) is 29.7 Å². The Kier molecular flexibility index (Phi) is 4.37. The standard InChI is InChI=1S/C16H19NO/c1-2-15(17)12-18-16-10-6-9-14(11-16)13-7-4-3-5-8-13/h3-11,15H,2,12,17H2,1H3. The Hall–Kier alpha value is -1.80. The van der Waals surface area contributed by atoms with Gasteiger partial charge in [0.05, 0.1) is 0 Å². The van der Waals surface area contributed by atoms with Crippen molar-refractivity contribution in [3.8, 4) is 16.9 Å². The Labute approximate surface area is 108 Å². The minimum atomic E-state index is 0.102. The van der Waals surface area contributed by atoms with Crippen LogP contribution >= 0.6 is 0 Å². The highest BCUT2D eigenvalue weighted by atomic mass is 16.5. The molecule has 2 N–H and O–H groups in total. The topological polar surface area (TPSA) is 35.2 Å². The van der Waals surface area contributed by atoms with Crippen molar-refractivity contribution in [2.24, 2.45) is 5.73 Å². The monoisotopic (exact) mass is 241 g/mol. The zero-order chi connectivity index (χ0) is 12.8. The van der Waals surface area contributed by atoms with E-state index >= 15 is 0 Å². The number of benzene rings is 2. The lowest BCUT2D eigenvalue weighted by Crippen LogP contribution is -2.26. The fraction of sp³-hybridized carbons (Fsp3) is 0.250. The van der Waals surface area contributed by atoms with Gasteiger partial charge in [-0.25, -0.2) is 0 Å². The number of hydrogen-bond acceptors (Lipinski definition) is 2. The van der Waals surface area contributed by atoms with Crippen LogP contribution in [0.5, 0.6) is 5.75 Å². The van der Waals surface area contributed by atoms with Crippen LogP contribution in [0.25, 0.3) is 11.1 Å². The summed E-state index contributed by atoms with van der Waals surface area (Å²) in [5, 5.41) is 0. The first-order chi connectivity index (χ1) is 8.79. The first-order valence-corrected chi connectivity index (χ1v) is 6.33. The van der Waals surface area contributed by atoms with E-state index in [1.54, 1.807) is 0 Å².